The number of phenolic OH excluding ortho intramolecular Hbond substituents is 1. The van der Waals surface area contributed by atoms with E-state index in [4.69, 9.17) is 35.6 Å². The Bertz CT molecular complexity index is 3420. The van der Waals surface area contributed by atoms with Gasteiger partial charge in [-0.2, -0.15) is 9.97 Å². The topological polar surface area (TPSA) is 208 Å². The summed E-state index contributed by atoms with van der Waals surface area (Å²) in [5, 5.41) is 22.8. The highest BCUT2D eigenvalue weighted by atomic mass is 35.5. The number of ether oxygens (including phenoxy) is 2. The number of carbonyl (C=O) groups excluding carboxylic acids is 3. The molecule has 83 heavy (non-hydrogen) atoms. The number of fused-ring (bicyclic) bond motifs is 4. The van der Waals surface area contributed by atoms with Gasteiger partial charge in [0.1, 0.15) is 48.0 Å². The van der Waals surface area contributed by atoms with E-state index in [-0.39, 0.29) is 76.9 Å². The zero-order valence-electron chi connectivity index (χ0n) is 47.5. The number of anilines is 2. The standard InChI is InChI=1S/C61H72ClFN12O7S/c1-34(2)50(58(78)74-19-5-7-47(74)57(77)66-35(3)37-8-12-39(13-9-37)55-36(4)65-33-83-55)48-27-49(70-82-48)71-21-23-72(24-22-71)60(79)80-31-42-16-18-61(17-6-20-75(42)61)32-81-59-68-54-45(56(69-59)73-29-40-14-15-41(30-73)67-40)28-64-53(52(54)63)44-25-43(76)26-46(62)51(44)38-10-11-38/h8-9,12-13,25-28,33-35,38,40-42,47,50,67,76H,5-7,10-11,14-24,29-32H2,1-4H3,(H,66,77). The highest BCUT2D eigenvalue weighted by molar-refractivity contribution is 7.13. The average molecular weight is 1170 g/mol. The van der Waals surface area contributed by atoms with Gasteiger partial charge in [0.05, 0.1) is 33.0 Å². The van der Waals surface area contributed by atoms with Crippen molar-refractivity contribution in [3.63, 3.8) is 0 Å². The van der Waals surface area contributed by atoms with Crippen LogP contribution in [0, 0.1) is 18.7 Å². The highest BCUT2D eigenvalue weighted by Crippen LogP contribution is 2.50. The molecule has 22 heteroatoms. The van der Waals surface area contributed by atoms with Gasteiger partial charge in [-0.3, -0.25) is 19.5 Å². The summed E-state index contributed by atoms with van der Waals surface area (Å²) < 4.78 is 35.8. The molecule has 13 rings (SSSR count). The molecule has 0 spiro atoms. The van der Waals surface area contributed by atoms with Gasteiger partial charge in [-0.25, -0.2) is 14.2 Å². The molecule has 1 aliphatic carbocycles. The first kappa shape index (κ1) is 55.5. The third kappa shape index (κ3) is 10.8. The van der Waals surface area contributed by atoms with Gasteiger partial charge in [0.2, 0.25) is 11.8 Å². The first-order chi connectivity index (χ1) is 40.2. The summed E-state index contributed by atoms with van der Waals surface area (Å²) in [5.41, 5.74) is 6.02. The molecule has 6 aromatic rings. The number of hydrogen-bond donors (Lipinski definition) is 3. The van der Waals surface area contributed by atoms with Crippen molar-refractivity contribution in [1.82, 2.24) is 50.4 Å². The molecule has 7 unspecified atom stereocenters. The van der Waals surface area contributed by atoms with Crippen molar-refractivity contribution in [2.75, 3.05) is 75.4 Å². The largest absolute Gasteiger partial charge is 0.508 e. The van der Waals surface area contributed by atoms with Crippen LogP contribution in [0.3, 0.4) is 0 Å². The van der Waals surface area contributed by atoms with Crippen LogP contribution < -0.4 is 25.2 Å². The van der Waals surface area contributed by atoms with E-state index in [0.717, 1.165) is 105 Å². The molecule has 0 radical (unpaired) electrons. The number of likely N-dealkylation sites (tertiary alicyclic amines) is 1. The molecule has 6 aliphatic heterocycles. The number of halogens is 2. The lowest BCUT2D eigenvalue weighted by atomic mass is 9.91. The van der Waals surface area contributed by atoms with Gasteiger partial charge in [0.15, 0.2) is 17.4 Å². The molecule has 7 atom stereocenters. The molecule has 19 nitrogen and oxygen atoms in total. The quantitative estimate of drug-likeness (QED) is 0.0825. The fourth-order valence-corrected chi connectivity index (χ4v) is 15.3. The van der Waals surface area contributed by atoms with Crippen LogP contribution >= 0.6 is 22.9 Å². The average Bonchev–Trinajstić information content (AvgIpc) is 4.23. The minimum atomic E-state index is -0.635. The molecular weight excluding hydrogens is 1100 g/mol. The maximum Gasteiger partial charge on any atom is 0.409 e. The molecule has 3 N–H and O–H groups in total. The van der Waals surface area contributed by atoms with Crippen molar-refractivity contribution in [2.45, 2.75) is 139 Å². The minimum Gasteiger partial charge on any atom is -0.508 e. The van der Waals surface area contributed by atoms with Gasteiger partial charge in [-0.1, -0.05) is 54.9 Å². The number of aromatic hydroxyl groups is 1. The molecule has 438 valence electrons. The van der Waals surface area contributed by atoms with Crippen LogP contribution in [0.4, 0.5) is 20.8 Å². The number of hydrogen-bond acceptors (Lipinski definition) is 17. The van der Waals surface area contributed by atoms with E-state index in [1.807, 2.05) is 51.4 Å². The van der Waals surface area contributed by atoms with E-state index in [1.165, 1.54) is 6.07 Å². The fourth-order valence-electron chi connectivity index (χ4n) is 14.1. The lowest BCUT2D eigenvalue weighted by molar-refractivity contribution is -0.141. The monoisotopic (exact) mass is 1170 g/mol. The number of rotatable bonds is 16. The number of amides is 3. The fraction of sp³-hybridized carbons (Fsp3) is 0.541. The highest BCUT2D eigenvalue weighted by Gasteiger charge is 2.51. The van der Waals surface area contributed by atoms with Crippen LogP contribution in [0.15, 0.2) is 58.7 Å². The van der Waals surface area contributed by atoms with E-state index in [1.54, 1.807) is 33.4 Å². The molecule has 2 bridgehead atoms. The smallest absolute Gasteiger partial charge is 0.409 e. The van der Waals surface area contributed by atoms with Crippen LogP contribution in [-0.2, 0) is 14.3 Å². The van der Waals surface area contributed by atoms with Crippen LogP contribution in [0.1, 0.15) is 125 Å². The van der Waals surface area contributed by atoms with E-state index in [0.29, 0.717) is 91.2 Å². The summed E-state index contributed by atoms with van der Waals surface area (Å²) in [6.07, 6.45) is 10.1. The Kier molecular flexibility index (Phi) is 15.2. The normalized spacial score (nSPS) is 24.2. The lowest BCUT2D eigenvalue weighted by Gasteiger charge is -2.36. The Hall–Kier alpha value is -6.68. The minimum absolute atomic E-state index is 0.00171. The van der Waals surface area contributed by atoms with Crippen LogP contribution in [0.5, 0.6) is 11.8 Å². The maximum absolute atomic E-state index is 17.2. The van der Waals surface area contributed by atoms with Crippen molar-refractivity contribution in [3.05, 3.63) is 87.6 Å². The number of phenols is 1. The first-order valence-electron chi connectivity index (χ1n) is 29.7. The maximum atomic E-state index is 17.2. The second-order valence-corrected chi connectivity index (χ2v) is 25.7. The number of carbonyl (C=O) groups is 3. The second-order valence-electron chi connectivity index (χ2n) is 24.4. The van der Waals surface area contributed by atoms with Gasteiger partial charge in [-0.05, 0) is 125 Å². The summed E-state index contributed by atoms with van der Waals surface area (Å²) >= 11 is 8.28. The Balaban J connectivity index is 0.623. The Labute approximate surface area is 491 Å². The molecule has 1 saturated carbocycles. The summed E-state index contributed by atoms with van der Waals surface area (Å²) in [5.74, 6) is 0.0618. The number of benzene rings is 2. The SMILES string of the molecule is Cc1ncsc1-c1ccc(C(C)NC(=O)C2CCCN2C(=O)C(c2cc(N3CCN(C(=O)OCC4CCC5(COc6nc(N7CC8CCC(C7)N8)c7cnc(-c8cc(O)cc(Cl)c8C8CC8)c(F)c7n6)CCCN45)CC3)no2)C(C)C)cc1. The summed E-state index contributed by atoms with van der Waals surface area (Å²) in [6.45, 7) is 13.0. The number of nitrogens with one attached hydrogen (secondary N) is 2. The van der Waals surface area contributed by atoms with Gasteiger partial charge in [0, 0.05) is 86.8 Å². The van der Waals surface area contributed by atoms with Crippen molar-refractivity contribution < 1.29 is 37.9 Å². The van der Waals surface area contributed by atoms with Crippen molar-refractivity contribution in [3.8, 4) is 33.5 Å². The van der Waals surface area contributed by atoms with Crippen molar-refractivity contribution in [2.24, 2.45) is 5.92 Å². The molecule has 6 saturated heterocycles. The number of aromatic nitrogens is 5. The Morgan fingerprint density at radius 3 is 2.45 bits per heavy atom. The van der Waals surface area contributed by atoms with Gasteiger partial charge in [0.25, 0.3) is 0 Å². The summed E-state index contributed by atoms with van der Waals surface area (Å²) in [4.78, 5) is 72.1. The third-order valence-electron chi connectivity index (χ3n) is 18.7. The second kappa shape index (κ2) is 22.7. The number of piperazine rings is 2. The van der Waals surface area contributed by atoms with E-state index < -0.39 is 17.8 Å². The first-order valence-corrected chi connectivity index (χ1v) is 31.0. The zero-order valence-corrected chi connectivity index (χ0v) is 49.1. The molecule has 4 aromatic heterocycles. The van der Waals surface area contributed by atoms with Crippen LogP contribution in [0.2, 0.25) is 5.02 Å². The molecule has 7 aliphatic rings. The molecule has 10 heterocycles. The Morgan fingerprint density at radius 1 is 0.928 bits per heavy atom. The number of nitrogens with zero attached hydrogens (tertiary/aromatic N) is 10. The lowest BCUT2D eigenvalue weighted by Crippen LogP contribution is -2.51. The molecule has 7 fully saturated rings. The van der Waals surface area contributed by atoms with E-state index in [2.05, 4.69) is 52.6 Å². The number of thiazole rings is 1. The van der Waals surface area contributed by atoms with Crippen molar-refractivity contribution >= 4 is 63.4 Å². The van der Waals surface area contributed by atoms with Gasteiger partial charge in [-0.15, -0.1) is 11.3 Å². The predicted octanol–water partition coefficient (Wildman–Crippen LogP) is 9.37. The predicted molar refractivity (Wildman–Crippen MR) is 314 cm³/mol. The van der Waals surface area contributed by atoms with Crippen LogP contribution in [0.25, 0.3) is 32.6 Å². The third-order valence-corrected chi connectivity index (χ3v) is 19.9. The van der Waals surface area contributed by atoms with E-state index >= 15 is 4.39 Å². The van der Waals surface area contributed by atoms with Gasteiger partial charge < -0.3 is 49.3 Å². The number of aryl methyl sites for hydroxylation is 1. The summed E-state index contributed by atoms with van der Waals surface area (Å²) in [7, 11) is 0. The molecule has 3 amide bonds. The Morgan fingerprint density at radius 2 is 1.71 bits per heavy atom. The molecular formula is C61H72ClFN12O7S. The van der Waals surface area contributed by atoms with Crippen LogP contribution in [-0.4, -0.2) is 158 Å². The van der Waals surface area contributed by atoms with Gasteiger partial charge >= 0.3 is 12.1 Å². The van der Waals surface area contributed by atoms with E-state index in [9.17, 15) is 19.5 Å². The molecule has 2 aromatic carbocycles. The zero-order chi connectivity index (χ0) is 57.3. The summed E-state index contributed by atoms with van der Waals surface area (Å²) in [6, 6.07) is 12.9. The van der Waals surface area contributed by atoms with Crippen molar-refractivity contribution in [1.29, 1.82) is 0 Å². The number of pyridine rings is 1.